The third-order valence-electron chi connectivity index (χ3n) is 3.60. The van der Waals surface area contributed by atoms with Gasteiger partial charge in [0, 0.05) is 21.8 Å². The number of hydrogen-bond acceptors (Lipinski definition) is 4. The molecule has 3 nitrogen and oxygen atoms in total. The number of carbonyl (C=O) groups excluding carboxylic acids is 1. The standard InChI is InChI=1S/C19H14ClF3N2OS2/c20-14-5-1-3-12(7-14)10-27-18-25-16(11-28-18)9-17(26)24-15-6-2-4-13(8-15)19(21,22)23/h1-8,11H,9-10H2,(H,24,26). The van der Waals surface area contributed by atoms with Gasteiger partial charge in [-0.05, 0) is 35.9 Å². The van der Waals surface area contributed by atoms with Gasteiger partial charge in [0.25, 0.3) is 0 Å². The van der Waals surface area contributed by atoms with Crippen molar-refractivity contribution in [1.29, 1.82) is 0 Å². The van der Waals surface area contributed by atoms with Gasteiger partial charge in [0.1, 0.15) is 4.34 Å². The molecular formula is C19H14ClF3N2OS2. The van der Waals surface area contributed by atoms with Crippen LogP contribution in [0, 0.1) is 0 Å². The van der Waals surface area contributed by atoms with Crippen molar-refractivity contribution in [1.82, 2.24) is 4.98 Å². The van der Waals surface area contributed by atoms with Crippen LogP contribution >= 0.6 is 34.7 Å². The fraction of sp³-hybridized carbons (Fsp3) is 0.158. The number of amides is 1. The summed E-state index contributed by atoms with van der Waals surface area (Å²) in [7, 11) is 0. The molecule has 0 bridgehead atoms. The van der Waals surface area contributed by atoms with E-state index < -0.39 is 17.6 Å². The predicted octanol–water partition coefficient (Wildman–Crippen LogP) is 6.29. The Hall–Kier alpha value is -2.03. The Bertz CT molecular complexity index is 976. The summed E-state index contributed by atoms with van der Waals surface area (Å²) in [5.74, 6) is 0.278. The summed E-state index contributed by atoms with van der Waals surface area (Å²) in [5, 5.41) is 4.92. The Kier molecular flexibility index (Phi) is 6.64. The molecule has 0 atom stereocenters. The number of benzene rings is 2. The Labute approximate surface area is 172 Å². The van der Waals surface area contributed by atoms with Crippen LogP contribution in [-0.2, 0) is 23.1 Å². The van der Waals surface area contributed by atoms with Gasteiger partial charge in [-0.2, -0.15) is 13.2 Å². The zero-order valence-corrected chi connectivity index (χ0v) is 16.7. The van der Waals surface area contributed by atoms with Gasteiger partial charge in [0.15, 0.2) is 0 Å². The maximum atomic E-state index is 12.7. The summed E-state index contributed by atoms with van der Waals surface area (Å²) < 4.78 is 39.0. The van der Waals surface area contributed by atoms with Crippen molar-refractivity contribution in [3.8, 4) is 0 Å². The van der Waals surface area contributed by atoms with Crippen LogP contribution in [-0.4, -0.2) is 10.9 Å². The molecule has 0 radical (unpaired) electrons. The summed E-state index contributed by atoms with van der Waals surface area (Å²) in [6.07, 6.45) is -4.46. The average molecular weight is 443 g/mol. The first-order chi connectivity index (χ1) is 13.3. The third kappa shape index (κ3) is 5.98. The molecule has 0 aliphatic heterocycles. The molecule has 0 aliphatic rings. The number of hydrogen-bond donors (Lipinski definition) is 1. The van der Waals surface area contributed by atoms with Crippen molar-refractivity contribution in [2.45, 2.75) is 22.7 Å². The van der Waals surface area contributed by atoms with E-state index in [2.05, 4.69) is 10.3 Å². The lowest BCUT2D eigenvalue weighted by Gasteiger charge is -2.09. The predicted molar refractivity (Wildman–Crippen MR) is 107 cm³/mol. The summed E-state index contributed by atoms with van der Waals surface area (Å²) >= 11 is 8.91. The molecule has 0 unspecified atom stereocenters. The molecule has 0 aliphatic carbocycles. The van der Waals surface area contributed by atoms with Gasteiger partial charge in [-0.15, -0.1) is 11.3 Å². The maximum absolute atomic E-state index is 12.7. The van der Waals surface area contributed by atoms with E-state index in [4.69, 9.17) is 11.6 Å². The van der Waals surface area contributed by atoms with Crippen LogP contribution in [0.5, 0.6) is 0 Å². The minimum absolute atomic E-state index is 0.00945. The Morgan fingerprint density at radius 3 is 2.71 bits per heavy atom. The Morgan fingerprint density at radius 1 is 1.18 bits per heavy atom. The van der Waals surface area contributed by atoms with E-state index in [0.717, 1.165) is 22.0 Å². The molecule has 1 heterocycles. The van der Waals surface area contributed by atoms with Crippen LogP contribution in [0.4, 0.5) is 18.9 Å². The lowest BCUT2D eigenvalue weighted by atomic mass is 10.2. The van der Waals surface area contributed by atoms with Crippen molar-refractivity contribution in [3.63, 3.8) is 0 Å². The Balaban J connectivity index is 1.55. The number of carbonyl (C=O) groups is 1. The Morgan fingerprint density at radius 2 is 1.96 bits per heavy atom. The van der Waals surface area contributed by atoms with E-state index >= 15 is 0 Å². The van der Waals surface area contributed by atoms with Gasteiger partial charge in [-0.3, -0.25) is 4.79 Å². The lowest BCUT2D eigenvalue weighted by Crippen LogP contribution is -2.15. The summed E-state index contributed by atoms with van der Waals surface area (Å²) in [6.45, 7) is 0. The summed E-state index contributed by atoms with van der Waals surface area (Å²) in [4.78, 5) is 16.5. The molecule has 0 spiro atoms. The summed E-state index contributed by atoms with van der Waals surface area (Å²) in [5.41, 5.74) is 0.934. The molecule has 0 saturated heterocycles. The fourth-order valence-electron chi connectivity index (χ4n) is 2.35. The molecule has 9 heteroatoms. The van der Waals surface area contributed by atoms with Crippen molar-refractivity contribution >= 4 is 46.3 Å². The van der Waals surface area contributed by atoms with Crippen LogP contribution in [0.3, 0.4) is 0 Å². The molecule has 2 aromatic carbocycles. The molecule has 28 heavy (non-hydrogen) atoms. The van der Waals surface area contributed by atoms with Crippen LogP contribution < -0.4 is 5.32 Å². The molecular weight excluding hydrogens is 429 g/mol. The van der Waals surface area contributed by atoms with Gasteiger partial charge in [0.2, 0.25) is 5.91 Å². The number of rotatable bonds is 6. The molecule has 0 saturated carbocycles. The number of aromatic nitrogens is 1. The van der Waals surface area contributed by atoms with Crippen LogP contribution in [0.25, 0.3) is 0 Å². The molecule has 1 amide bonds. The van der Waals surface area contributed by atoms with E-state index in [1.54, 1.807) is 11.4 Å². The normalized spacial score (nSPS) is 11.4. The van der Waals surface area contributed by atoms with Crippen molar-refractivity contribution in [2.24, 2.45) is 0 Å². The molecule has 0 fully saturated rings. The number of nitrogens with one attached hydrogen (secondary N) is 1. The van der Waals surface area contributed by atoms with Crippen LogP contribution in [0.15, 0.2) is 58.3 Å². The highest BCUT2D eigenvalue weighted by molar-refractivity contribution is 8.00. The number of halogens is 4. The SMILES string of the molecule is O=C(Cc1csc(SCc2cccc(Cl)c2)n1)Nc1cccc(C(F)(F)F)c1. The van der Waals surface area contributed by atoms with Gasteiger partial charge in [-0.1, -0.05) is 41.6 Å². The van der Waals surface area contributed by atoms with E-state index in [1.807, 2.05) is 18.2 Å². The van der Waals surface area contributed by atoms with E-state index in [9.17, 15) is 18.0 Å². The number of alkyl halides is 3. The first kappa shape index (κ1) is 20.7. The van der Waals surface area contributed by atoms with Gasteiger partial charge in [-0.25, -0.2) is 4.98 Å². The van der Waals surface area contributed by atoms with Crippen molar-refractivity contribution in [2.75, 3.05) is 5.32 Å². The van der Waals surface area contributed by atoms with E-state index in [1.165, 1.54) is 35.2 Å². The number of thiazole rings is 1. The second kappa shape index (κ2) is 8.98. The zero-order valence-electron chi connectivity index (χ0n) is 14.3. The highest BCUT2D eigenvalue weighted by Gasteiger charge is 2.30. The minimum atomic E-state index is -4.45. The largest absolute Gasteiger partial charge is 0.416 e. The van der Waals surface area contributed by atoms with E-state index in [0.29, 0.717) is 16.5 Å². The van der Waals surface area contributed by atoms with Crippen LogP contribution in [0.2, 0.25) is 5.02 Å². The lowest BCUT2D eigenvalue weighted by molar-refractivity contribution is -0.137. The first-order valence-corrected chi connectivity index (χ1v) is 10.3. The second-order valence-electron chi connectivity index (χ2n) is 5.83. The zero-order chi connectivity index (χ0) is 20.1. The van der Waals surface area contributed by atoms with Crippen molar-refractivity contribution in [3.05, 3.63) is 75.8 Å². The van der Waals surface area contributed by atoms with Crippen molar-refractivity contribution < 1.29 is 18.0 Å². The molecule has 3 rings (SSSR count). The highest BCUT2D eigenvalue weighted by atomic mass is 35.5. The fourth-order valence-corrected chi connectivity index (χ4v) is 4.35. The highest BCUT2D eigenvalue weighted by Crippen LogP contribution is 2.31. The van der Waals surface area contributed by atoms with Gasteiger partial charge >= 0.3 is 6.18 Å². The number of nitrogens with zero attached hydrogens (tertiary/aromatic N) is 1. The second-order valence-corrected chi connectivity index (χ2v) is 8.34. The minimum Gasteiger partial charge on any atom is -0.326 e. The molecule has 146 valence electrons. The summed E-state index contributed by atoms with van der Waals surface area (Å²) in [6, 6.07) is 12.1. The topological polar surface area (TPSA) is 42.0 Å². The quantitative estimate of drug-likeness (QED) is 0.456. The smallest absolute Gasteiger partial charge is 0.326 e. The van der Waals surface area contributed by atoms with Crippen LogP contribution in [0.1, 0.15) is 16.8 Å². The average Bonchev–Trinajstić information content (AvgIpc) is 3.07. The number of anilines is 1. The van der Waals surface area contributed by atoms with Gasteiger partial charge < -0.3 is 5.32 Å². The first-order valence-electron chi connectivity index (χ1n) is 8.08. The molecule has 1 N–H and O–H groups in total. The molecule has 1 aromatic heterocycles. The van der Waals surface area contributed by atoms with Gasteiger partial charge in [0.05, 0.1) is 17.7 Å². The monoisotopic (exact) mass is 442 g/mol. The van der Waals surface area contributed by atoms with E-state index in [-0.39, 0.29) is 12.1 Å². The molecule has 3 aromatic rings. The number of thioether (sulfide) groups is 1. The maximum Gasteiger partial charge on any atom is 0.416 e. The third-order valence-corrected chi connectivity index (χ3v) is 5.97.